The Hall–Kier alpha value is -2.74. The molecule has 7 nitrogen and oxygen atoms in total. The Morgan fingerprint density at radius 3 is 2.18 bits per heavy atom. The van der Waals surface area contributed by atoms with Crippen LogP contribution in [0.4, 0.5) is 5.69 Å². The summed E-state index contributed by atoms with van der Waals surface area (Å²) in [4.78, 5) is 24.0. The molecule has 2 aromatic rings. The zero-order valence-electron chi connectivity index (χ0n) is 16.0. The SMILES string of the molecule is COc1ccc(CCC(=O)NCC(=O)Nc2ccc(Br)cc2)c(OC)c1OC. The van der Waals surface area contributed by atoms with Gasteiger partial charge in [-0.05, 0) is 42.3 Å². The zero-order valence-corrected chi connectivity index (χ0v) is 17.6. The minimum atomic E-state index is -0.292. The smallest absolute Gasteiger partial charge is 0.243 e. The van der Waals surface area contributed by atoms with Crippen LogP contribution in [-0.2, 0) is 16.0 Å². The molecule has 0 unspecified atom stereocenters. The van der Waals surface area contributed by atoms with E-state index < -0.39 is 0 Å². The van der Waals surface area contributed by atoms with E-state index in [4.69, 9.17) is 14.2 Å². The number of hydrogen-bond donors (Lipinski definition) is 2. The zero-order chi connectivity index (χ0) is 20.5. The molecule has 0 saturated carbocycles. The third-order valence-electron chi connectivity index (χ3n) is 3.98. The van der Waals surface area contributed by atoms with Gasteiger partial charge in [-0.2, -0.15) is 0 Å². The van der Waals surface area contributed by atoms with Crippen LogP contribution in [0, 0.1) is 0 Å². The van der Waals surface area contributed by atoms with Gasteiger partial charge in [-0.25, -0.2) is 0 Å². The van der Waals surface area contributed by atoms with Gasteiger partial charge in [0, 0.05) is 16.6 Å². The summed E-state index contributed by atoms with van der Waals surface area (Å²) in [5.74, 6) is 1.04. The minimum absolute atomic E-state index is 0.0992. The Morgan fingerprint density at radius 2 is 1.57 bits per heavy atom. The summed E-state index contributed by atoms with van der Waals surface area (Å²) in [5, 5.41) is 5.34. The quantitative estimate of drug-likeness (QED) is 0.612. The number of halogens is 1. The van der Waals surface area contributed by atoms with Gasteiger partial charge in [-0.15, -0.1) is 0 Å². The number of nitrogens with one attached hydrogen (secondary N) is 2. The molecule has 2 N–H and O–H groups in total. The van der Waals surface area contributed by atoms with E-state index in [0.717, 1.165) is 10.0 Å². The van der Waals surface area contributed by atoms with E-state index >= 15 is 0 Å². The lowest BCUT2D eigenvalue weighted by molar-refractivity contribution is -0.124. The first-order valence-electron chi connectivity index (χ1n) is 8.58. The second-order valence-electron chi connectivity index (χ2n) is 5.83. The highest BCUT2D eigenvalue weighted by atomic mass is 79.9. The fourth-order valence-electron chi connectivity index (χ4n) is 2.61. The van der Waals surface area contributed by atoms with E-state index in [1.54, 1.807) is 25.3 Å². The van der Waals surface area contributed by atoms with E-state index in [-0.39, 0.29) is 24.8 Å². The summed E-state index contributed by atoms with van der Waals surface area (Å²) < 4.78 is 16.9. The van der Waals surface area contributed by atoms with Crippen molar-refractivity contribution in [1.82, 2.24) is 5.32 Å². The van der Waals surface area contributed by atoms with Crippen molar-refractivity contribution in [3.8, 4) is 17.2 Å². The van der Waals surface area contributed by atoms with Crippen LogP contribution in [-0.4, -0.2) is 39.7 Å². The van der Waals surface area contributed by atoms with Gasteiger partial charge >= 0.3 is 0 Å². The molecule has 0 atom stereocenters. The van der Waals surface area contributed by atoms with E-state index in [9.17, 15) is 9.59 Å². The second-order valence-corrected chi connectivity index (χ2v) is 6.74. The summed E-state index contributed by atoms with van der Waals surface area (Å²) in [5.41, 5.74) is 1.48. The van der Waals surface area contributed by atoms with Crippen molar-refractivity contribution in [2.45, 2.75) is 12.8 Å². The predicted octanol–water partition coefficient (Wildman–Crippen LogP) is 3.16. The number of carbonyl (C=O) groups is 2. The molecule has 0 aromatic heterocycles. The molecular formula is C20H23BrN2O5. The number of carbonyl (C=O) groups excluding carboxylic acids is 2. The van der Waals surface area contributed by atoms with Crippen LogP contribution in [0.3, 0.4) is 0 Å². The number of aryl methyl sites for hydroxylation is 1. The Kier molecular flexibility index (Phi) is 8.13. The second kappa shape index (κ2) is 10.6. The van der Waals surface area contributed by atoms with Crippen LogP contribution in [0.15, 0.2) is 40.9 Å². The molecular weight excluding hydrogens is 428 g/mol. The first kappa shape index (κ1) is 21.6. The molecule has 0 aliphatic rings. The van der Waals surface area contributed by atoms with Gasteiger partial charge in [0.05, 0.1) is 27.9 Å². The summed E-state index contributed by atoms with van der Waals surface area (Å²) >= 11 is 3.33. The lowest BCUT2D eigenvalue weighted by Gasteiger charge is -2.15. The monoisotopic (exact) mass is 450 g/mol. The van der Waals surface area contributed by atoms with E-state index in [1.165, 1.54) is 14.2 Å². The van der Waals surface area contributed by atoms with E-state index in [2.05, 4.69) is 26.6 Å². The van der Waals surface area contributed by atoms with Crippen molar-refractivity contribution in [2.75, 3.05) is 33.2 Å². The molecule has 0 bridgehead atoms. The highest BCUT2D eigenvalue weighted by Crippen LogP contribution is 2.40. The number of benzene rings is 2. The Balaban J connectivity index is 1.87. The first-order chi connectivity index (χ1) is 13.5. The molecule has 0 heterocycles. The van der Waals surface area contributed by atoms with Crippen LogP contribution in [0.1, 0.15) is 12.0 Å². The van der Waals surface area contributed by atoms with Crippen LogP contribution in [0.2, 0.25) is 0 Å². The summed E-state index contributed by atoms with van der Waals surface area (Å²) in [6, 6.07) is 10.8. The van der Waals surface area contributed by atoms with Gasteiger partial charge in [-0.3, -0.25) is 9.59 Å². The Bertz CT molecular complexity index is 824. The minimum Gasteiger partial charge on any atom is -0.493 e. The van der Waals surface area contributed by atoms with Crippen LogP contribution in [0.5, 0.6) is 17.2 Å². The van der Waals surface area contributed by atoms with Gasteiger partial charge in [0.15, 0.2) is 11.5 Å². The van der Waals surface area contributed by atoms with Crippen molar-refractivity contribution in [3.63, 3.8) is 0 Å². The molecule has 0 radical (unpaired) electrons. The largest absolute Gasteiger partial charge is 0.493 e. The molecule has 0 fully saturated rings. The normalized spacial score (nSPS) is 10.1. The van der Waals surface area contributed by atoms with Gasteiger partial charge in [-0.1, -0.05) is 22.0 Å². The maximum atomic E-state index is 12.1. The van der Waals surface area contributed by atoms with Gasteiger partial charge in [0.1, 0.15) is 0 Å². The molecule has 0 spiro atoms. The molecule has 0 aliphatic carbocycles. The fourth-order valence-corrected chi connectivity index (χ4v) is 2.88. The van der Waals surface area contributed by atoms with Gasteiger partial charge in [0.2, 0.25) is 17.6 Å². The molecule has 0 saturated heterocycles. The van der Waals surface area contributed by atoms with Crippen LogP contribution in [0.25, 0.3) is 0 Å². The number of rotatable bonds is 9. The lowest BCUT2D eigenvalue weighted by atomic mass is 10.1. The van der Waals surface area contributed by atoms with Crippen LogP contribution < -0.4 is 24.8 Å². The van der Waals surface area contributed by atoms with Crippen molar-refractivity contribution in [3.05, 3.63) is 46.4 Å². The Morgan fingerprint density at radius 1 is 0.893 bits per heavy atom. The molecule has 0 aliphatic heterocycles. The number of hydrogen-bond acceptors (Lipinski definition) is 5. The third-order valence-corrected chi connectivity index (χ3v) is 4.51. The summed E-state index contributed by atoms with van der Waals surface area (Å²) in [6.45, 7) is -0.0992. The predicted molar refractivity (Wildman–Crippen MR) is 110 cm³/mol. The Labute approximate surface area is 172 Å². The van der Waals surface area contributed by atoms with Crippen molar-refractivity contribution < 1.29 is 23.8 Å². The summed E-state index contributed by atoms with van der Waals surface area (Å²) in [6.07, 6.45) is 0.640. The highest BCUT2D eigenvalue weighted by Gasteiger charge is 2.16. The summed E-state index contributed by atoms with van der Waals surface area (Å²) in [7, 11) is 4.61. The topological polar surface area (TPSA) is 85.9 Å². The number of anilines is 1. The van der Waals surface area contributed by atoms with Crippen LogP contribution >= 0.6 is 15.9 Å². The molecule has 2 rings (SSSR count). The highest BCUT2D eigenvalue weighted by molar-refractivity contribution is 9.10. The average molecular weight is 451 g/mol. The van der Waals surface area contributed by atoms with Gasteiger partial charge < -0.3 is 24.8 Å². The number of ether oxygens (including phenoxy) is 3. The number of methoxy groups -OCH3 is 3. The van der Waals surface area contributed by atoms with Crippen molar-refractivity contribution >= 4 is 33.4 Å². The van der Waals surface area contributed by atoms with E-state index in [1.807, 2.05) is 18.2 Å². The van der Waals surface area contributed by atoms with Gasteiger partial charge in [0.25, 0.3) is 0 Å². The fraction of sp³-hybridized carbons (Fsp3) is 0.300. The molecule has 150 valence electrons. The number of amides is 2. The van der Waals surface area contributed by atoms with E-state index in [0.29, 0.717) is 29.4 Å². The van der Waals surface area contributed by atoms with Crippen molar-refractivity contribution in [1.29, 1.82) is 0 Å². The average Bonchev–Trinajstić information content (AvgIpc) is 2.71. The maximum Gasteiger partial charge on any atom is 0.243 e. The standard InChI is InChI=1S/C20H23BrN2O5/c1-26-16-10-4-13(19(27-2)20(16)28-3)5-11-17(24)22-12-18(25)23-15-8-6-14(21)7-9-15/h4,6-10H,5,11-12H2,1-3H3,(H,22,24)(H,23,25). The molecule has 28 heavy (non-hydrogen) atoms. The molecule has 2 amide bonds. The molecule has 8 heteroatoms. The lowest BCUT2D eigenvalue weighted by Crippen LogP contribution is -2.32. The molecule has 2 aromatic carbocycles. The maximum absolute atomic E-state index is 12.1. The van der Waals surface area contributed by atoms with Crippen molar-refractivity contribution in [2.24, 2.45) is 0 Å². The third kappa shape index (κ3) is 5.88. The first-order valence-corrected chi connectivity index (χ1v) is 9.37.